The van der Waals surface area contributed by atoms with Crippen molar-refractivity contribution in [1.82, 2.24) is 0 Å². The Bertz CT molecular complexity index is 420. The fourth-order valence-corrected chi connectivity index (χ4v) is 0.523. The zero-order valence-corrected chi connectivity index (χ0v) is 9.81. The molecular formula is C11H12O8. The third-order valence-electron chi connectivity index (χ3n) is 1.27. The highest BCUT2D eigenvalue weighted by Crippen LogP contribution is 1.89. The Labute approximate surface area is 107 Å². The summed E-state index contributed by atoms with van der Waals surface area (Å²) in [4.78, 5) is 39.2. The fourth-order valence-electron chi connectivity index (χ4n) is 0.523. The molecule has 0 saturated heterocycles. The SMILES string of the molecule is C/C(=C/C(=O)O)C(=O)O.O=C(O)C=CC=CC(=O)O. The van der Waals surface area contributed by atoms with Gasteiger partial charge in [0.15, 0.2) is 0 Å². The van der Waals surface area contributed by atoms with Crippen LogP contribution in [0.5, 0.6) is 0 Å². The van der Waals surface area contributed by atoms with Crippen LogP contribution in [0.25, 0.3) is 0 Å². The van der Waals surface area contributed by atoms with Crippen molar-refractivity contribution in [3.05, 3.63) is 36.0 Å². The maximum atomic E-state index is 9.90. The van der Waals surface area contributed by atoms with E-state index in [1.807, 2.05) is 0 Å². The van der Waals surface area contributed by atoms with Crippen LogP contribution in [0, 0.1) is 0 Å². The Hall–Kier alpha value is -2.90. The van der Waals surface area contributed by atoms with Gasteiger partial charge in [-0.25, -0.2) is 19.2 Å². The molecule has 4 N–H and O–H groups in total. The number of carboxylic acids is 4. The zero-order chi connectivity index (χ0) is 15.4. The molecule has 0 atom stereocenters. The van der Waals surface area contributed by atoms with Crippen LogP contribution < -0.4 is 0 Å². The van der Waals surface area contributed by atoms with Crippen LogP contribution in [0.3, 0.4) is 0 Å². The molecular weight excluding hydrogens is 260 g/mol. The molecule has 19 heavy (non-hydrogen) atoms. The minimum atomic E-state index is -1.24. The lowest BCUT2D eigenvalue weighted by molar-refractivity contribution is -0.135. The molecule has 8 heteroatoms. The minimum absolute atomic E-state index is 0.178. The van der Waals surface area contributed by atoms with Crippen LogP contribution in [-0.4, -0.2) is 44.3 Å². The smallest absolute Gasteiger partial charge is 0.331 e. The van der Waals surface area contributed by atoms with Gasteiger partial charge >= 0.3 is 23.9 Å². The summed E-state index contributed by atoms with van der Waals surface area (Å²) in [6.07, 6.45) is 4.61. The lowest BCUT2D eigenvalue weighted by Crippen LogP contribution is -1.99. The van der Waals surface area contributed by atoms with Gasteiger partial charge < -0.3 is 20.4 Å². The third kappa shape index (κ3) is 17.7. The highest BCUT2D eigenvalue weighted by Gasteiger charge is 2.00. The van der Waals surface area contributed by atoms with E-state index in [-0.39, 0.29) is 5.57 Å². The molecule has 0 spiro atoms. The summed E-state index contributed by atoms with van der Waals surface area (Å²) < 4.78 is 0. The number of carboxylic acid groups (broad SMARTS) is 4. The Morgan fingerprint density at radius 2 is 1.11 bits per heavy atom. The van der Waals surface area contributed by atoms with Gasteiger partial charge in [0.2, 0.25) is 0 Å². The molecule has 8 nitrogen and oxygen atoms in total. The molecule has 0 aliphatic rings. The van der Waals surface area contributed by atoms with Gasteiger partial charge in [-0.2, -0.15) is 0 Å². The summed E-state index contributed by atoms with van der Waals surface area (Å²) in [6.45, 7) is 1.22. The Kier molecular flexibility index (Phi) is 9.98. The number of hydrogen-bond donors (Lipinski definition) is 4. The highest BCUT2D eigenvalue weighted by molar-refractivity contribution is 5.94. The highest BCUT2D eigenvalue weighted by atomic mass is 16.4. The Morgan fingerprint density at radius 3 is 1.26 bits per heavy atom. The molecule has 0 aromatic rings. The van der Waals surface area contributed by atoms with E-state index >= 15 is 0 Å². The van der Waals surface area contributed by atoms with E-state index in [1.165, 1.54) is 6.92 Å². The first-order chi connectivity index (χ1) is 8.66. The van der Waals surface area contributed by atoms with Crippen LogP contribution in [0.15, 0.2) is 36.0 Å². The van der Waals surface area contributed by atoms with Crippen molar-refractivity contribution in [2.45, 2.75) is 6.92 Å². The summed E-state index contributed by atoms with van der Waals surface area (Å²) in [5.41, 5.74) is -0.178. The Balaban J connectivity index is 0. The summed E-state index contributed by atoms with van der Waals surface area (Å²) in [5, 5.41) is 32.1. The monoisotopic (exact) mass is 272 g/mol. The average Bonchev–Trinajstić information content (AvgIpc) is 2.23. The molecule has 0 bridgehead atoms. The van der Waals surface area contributed by atoms with Gasteiger partial charge in [-0.05, 0) is 6.92 Å². The summed E-state index contributed by atoms with van der Waals surface area (Å²) >= 11 is 0. The molecule has 0 saturated carbocycles. The molecule has 0 amide bonds. The largest absolute Gasteiger partial charge is 0.478 e. The summed E-state index contributed by atoms with van der Waals surface area (Å²) in [5.74, 6) is -4.66. The number of aliphatic carboxylic acids is 4. The van der Waals surface area contributed by atoms with Crippen LogP contribution in [-0.2, 0) is 19.2 Å². The van der Waals surface area contributed by atoms with E-state index in [0.29, 0.717) is 6.08 Å². The number of rotatable bonds is 5. The summed E-state index contributed by atoms with van der Waals surface area (Å²) in [6, 6.07) is 0. The second-order valence-electron chi connectivity index (χ2n) is 2.87. The second kappa shape index (κ2) is 10.3. The normalized spacial score (nSPS) is 10.9. The third-order valence-corrected chi connectivity index (χ3v) is 1.27. The van der Waals surface area contributed by atoms with Gasteiger partial charge in [0.1, 0.15) is 0 Å². The van der Waals surface area contributed by atoms with Gasteiger partial charge in [-0.1, -0.05) is 12.2 Å². The van der Waals surface area contributed by atoms with Gasteiger partial charge in [0.25, 0.3) is 0 Å². The van der Waals surface area contributed by atoms with Crippen LogP contribution >= 0.6 is 0 Å². The average molecular weight is 272 g/mol. The maximum Gasteiger partial charge on any atom is 0.331 e. The maximum absolute atomic E-state index is 9.90. The lowest BCUT2D eigenvalue weighted by Gasteiger charge is -1.86. The number of allylic oxidation sites excluding steroid dienone is 2. The van der Waals surface area contributed by atoms with Crippen molar-refractivity contribution in [1.29, 1.82) is 0 Å². The molecule has 0 aliphatic carbocycles. The molecule has 104 valence electrons. The van der Waals surface area contributed by atoms with Gasteiger partial charge in [0.05, 0.1) is 0 Å². The molecule has 0 unspecified atom stereocenters. The van der Waals surface area contributed by atoms with Crippen molar-refractivity contribution >= 4 is 23.9 Å². The van der Waals surface area contributed by atoms with E-state index < -0.39 is 23.9 Å². The predicted octanol–water partition coefficient (Wildman–Crippen LogP) is 0.370. The Morgan fingerprint density at radius 1 is 0.737 bits per heavy atom. The molecule has 0 aromatic carbocycles. The van der Waals surface area contributed by atoms with Crippen LogP contribution in [0.4, 0.5) is 0 Å². The first kappa shape index (κ1) is 18.5. The lowest BCUT2D eigenvalue weighted by atomic mass is 10.3. The molecule has 0 rings (SSSR count). The van der Waals surface area contributed by atoms with E-state index in [1.54, 1.807) is 0 Å². The van der Waals surface area contributed by atoms with E-state index in [9.17, 15) is 19.2 Å². The van der Waals surface area contributed by atoms with E-state index in [2.05, 4.69) is 0 Å². The fraction of sp³-hybridized carbons (Fsp3) is 0.0909. The van der Waals surface area contributed by atoms with Crippen LogP contribution in [0.1, 0.15) is 6.92 Å². The number of carbonyl (C=O) groups is 4. The van der Waals surface area contributed by atoms with Crippen molar-refractivity contribution in [2.75, 3.05) is 0 Å². The zero-order valence-electron chi connectivity index (χ0n) is 9.81. The van der Waals surface area contributed by atoms with Crippen molar-refractivity contribution in [3.8, 4) is 0 Å². The minimum Gasteiger partial charge on any atom is -0.478 e. The standard InChI is InChI=1S/C6H6O4.C5H6O4/c7-5(8)3-1-2-4-6(9)10;1-3(5(8)9)2-4(6)7/h1-4H,(H,7,8)(H,9,10);2H,1H3,(H,6,7)(H,8,9)/b;3-2-. The van der Waals surface area contributed by atoms with Crippen molar-refractivity contribution in [2.24, 2.45) is 0 Å². The van der Waals surface area contributed by atoms with Gasteiger partial charge in [0, 0.05) is 23.8 Å². The first-order valence-corrected chi connectivity index (χ1v) is 4.62. The number of hydrogen-bond acceptors (Lipinski definition) is 4. The molecule has 0 fully saturated rings. The van der Waals surface area contributed by atoms with Gasteiger partial charge in [-0.15, -0.1) is 0 Å². The van der Waals surface area contributed by atoms with Gasteiger partial charge in [-0.3, -0.25) is 0 Å². The molecule has 0 aliphatic heterocycles. The van der Waals surface area contributed by atoms with Crippen molar-refractivity contribution in [3.63, 3.8) is 0 Å². The second-order valence-corrected chi connectivity index (χ2v) is 2.87. The quantitative estimate of drug-likeness (QED) is 0.414. The molecule has 0 radical (unpaired) electrons. The predicted molar refractivity (Wildman–Crippen MR) is 62.6 cm³/mol. The topological polar surface area (TPSA) is 149 Å². The summed E-state index contributed by atoms with van der Waals surface area (Å²) in [7, 11) is 0. The van der Waals surface area contributed by atoms with Crippen LogP contribution in [0.2, 0.25) is 0 Å². The molecule has 0 heterocycles. The molecule has 0 aromatic heterocycles. The van der Waals surface area contributed by atoms with Crippen molar-refractivity contribution < 1.29 is 39.6 Å². The van der Waals surface area contributed by atoms with E-state index in [4.69, 9.17) is 20.4 Å². The van der Waals surface area contributed by atoms with E-state index in [0.717, 1.165) is 24.3 Å². The first-order valence-electron chi connectivity index (χ1n) is 4.62.